The van der Waals surface area contributed by atoms with Gasteiger partial charge in [0.1, 0.15) is 5.75 Å². The Morgan fingerprint density at radius 3 is 2.61 bits per heavy atom. The molecule has 0 aliphatic heterocycles. The van der Waals surface area contributed by atoms with Crippen molar-refractivity contribution in [1.29, 1.82) is 0 Å². The minimum atomic E-state index is 0.536. The van der Waals surface area contributed by atoms with Gasteiger partial charge >= 0.3 is 0 Å². The standard InChI is InChI=1S/C13H14BrN3O/c1-8-6-10(4-5-11(8)14)18-12-7-9(2)16-13(15-3)17-12/h4-7H,1-3H3,(H,15,16,17). The highest BCUT2D eigenvalue weighted by molar-refractivity contribution is 9.10. The first-order valence-corrected chi connectivity index (χ1v) is 6.35. The first kappa shape index (κ1) is 12.8. The molecule has 4 nitrogen and oxygen atoms in total. The summed E-state index contributed by atoms with van der Waals surface area (Å²) in [5, 5.41) is 2.90. The van der Waals surface area contributed by atoms with Gasteiger partial charge in [0.25, 0.3) is 0 Å². The fourth-order valence-corrected chi connectivity index (χ4v) is 1.75. The predicted octanol–water partition coefficient (Wildman–Crippen LogP) is 3.69. The number of ether oxygens (including phenoxy) is 1. The van der Waals surface area contributed by atoms with Gasteiger partial charge in [-0.15, -0.1) is 0 Å². The lowest BCUT2D eigenvalue weighted by Crippen LogP contribution is -1.99. The summed E-state index contributed by atoms with van der Waals surface area (Å²) in [6, 6.07) is 7.62. The molecule has 0 aliphatic rings. The molecule has 1 N–H and O–H groups in total. The van der Waals surface area contributed by atoms with E-state index in [0.717, 1.165) is 21.5 Å². The van der Waals surface area contributed by atoms with Crippen molar-refractivity contribution in [3.63, 3.8) is 0 Å². The molecule has 94 valence electrons. The largest absolute Gasteiger partial charge is 0.439 e. The van der Waals surface area contributed by atoms with E-state index in [1.165, 1.54) is 0 Å². The number of aromatic nitrogens is 2. The molecule has 0 amide bonds. The Labute approximate surface area is 115 Å². The van der Waals surface area contributed by atoms with Gasteiger partial charge in [0, 0.05) is 23.3 Å². The van der Waals surface area contributed by atoms with E-state index < -0.39 is 0 Å². The Hall–Kier alpha value is -1.62. The molecule has 2 aromatic rings. The molecule has 1 aromatic heterocycles. The van der Waals surface area contributed by atoms with Gasteiger partial charge in [-0.25, -0.2) is 4.98 Å². The van der Waals surface area contributed by atoms with Crippen LogP contribution in [0.15, 0.2) is 28.7 Å². The van der Waals surface area contributed by atoms with Crippen LogP contribution < -0.4 is 10.1 Å². The maximum atomic E-state index is 5.73. The van der Waals surface area contributed by atoms with Gasteiger partial charge in [0.2, 0.25) is 11.8 Å². The summed E-state index contributed by atoms with van der Waals surface area (Å²) in [6.45, 7) is 3.92. The molecule has 1 aromatic carbocycles. The normalized spacial score (nSPS) is 10.2. The van der Waals surface area contributed by atoms with Gasteiger partial charge in [-0.05, 0) is 37.6 Å². The van der Waals surface area contributed by atoms with Gasteiger partial charge in [0.15, 0.2) is 0 Å². The third-order valence-electron chi connectivity index (χ3n) is 2.41. The van der Waals surface area contributed by atoms with Crippen LogP contribution in [0.25, 0.3) is 0 Å². The lowest BCUT2D eigenvalue weighted by atomic mass is 10.2. The van der Waals surface area contributed by atoms with Crippen LogP contribution in [0.2, 0.25) is 0 Å². The molecule has 0 radical (unpaired) electrons. The maximum absolute atomic E-state index is 5.73. The molecule has 0 spiro atoms. The Balaban J connectivity index is 2.27. The van der Waals surface area contributed by atoms with Crippen LogP contribution in [0.1, 0.15) is 11.3 Å². The number of benzene rings is 1. The summed E-state index contributed by atoms with van der Waals surface area (Å²) in [6.07, 6.45) is 0. The van der Waals surface area contributed by atoms with Gasteiger partial charge in [-0.2, -0.15) is 4.98 Å². The number of anilines is 1. The van der Waals surface area contributed by atoms with Crippen molar-refractivity contribution in [2.45, 2.75) is 13.8 Å². The van der Waals surface area contributed by atoms with Crippen LogP contribution in [-0.4, -0.2) is 17.0 Å². The SMILES string of the molecule is CNc1nc(C)cc(Oc2ccc(Br)c(C)c2)n1. The average molecular weight is 308 g/mol. The van der Waals surface area contributed by atoms with E-state index in [-0.39, 0.29) is 0 Å². The van der Waals surface area contributed by atoms with E-state index in [2.05, 4.69) is 31.2 Å². The molecular weight excluding hydrogens is 294 g/mol. The number of aryl methyl sites for hydroxylation is 2. The van der Waals surface area contributed by atoms with E-state index >= 15 is 0 Å². The summed E-state index contributed by atoms with van der Waals surface area (Å²) < 4.78 is 6.79. The highest BCUT2D eigenvalue weighted by Gasteiger charge is 2.04. The van der Waals surface area contributed by atoms with E-state index in [9.17, 15) is 0 Å². The Bertz CT molecular complexity index is 572. The van der Waals surface area contributed by atoms with Crippen molar-refractivity contribution in [2.75, 3.05) is 12.4 Å². The first-order valence-electron chi connectivity index (χ1n) is 5.56. The van der Waals surface area contributed by atoms with Crippen molar-refractivity contribution in [2.24, 2.45) is 0 Å². The highest BCUT2D eigenvalue weighted by Crippen LogP contribution is 2.25. The average Bonchev–Trinajstić information content (AvgIpc) is 2.33. The van der Waals surface area contributed by atoms with Crippen molar-refractivity contribution < 1.29 is 4.74 Å². The predicted molar refractivity (Wildman–Crippen MR) is 75.3 cm³/mol. The summed E-state index contributed by atoms with van der Waals surface area (Å²) in [5.41, 5.74) is 1.98. The van der Waals surface area contributed by atoms with Crippen LogP contribution in [-0.2, 0) is 0 Å². The van der Waals surface area contributed by atoms with Crippen molar-refractivity contribution in [1.82, 2.24) is 9.97 Å². The minimum Gasteiger partial charge on any atom is -0.439 e. The molecule has 0 saturated heterocycles. The number of halogens is 1. The lowest BCUT2D eigenvalue weighted by Gasteiger charge is -2.08. The molecule has 0 aliphatic carbocycles. The van der Waals surface area contributed by atoms with Crippen molar-refractivity contribution in [3.05, 3.63) is 40.0 Å². The molecule has 1 heterocycles. The molecule has 0 fully saturated rings. The summed E-state index contributed by atoms with van der Waals surface area (Å²) in [4.78, 5) is 8.46. The monoisotopic (exact) mass is 307 g/mol. The molecule has 18 heavy (non-hydrogen) atoms. The molecule has 0 saturated carbocycles. The zero-order chi connectivity index (χ0) is 13.1. The van der Waals surface area contributed by atoms with E-state index in [4.69, 9.17) is 4.74 Å². The number of nitrogens with zero attached hydrogens (tertiary/aromatic N) is 2. The van der Waals surface area contributed by atoms with Crippen LogP contribution in [0.5, 0.6) is 11.6 Å². The van der Waals surface area contributed by atoms with Gasteiger partial charge in [-0.3, -0.25) is 0 Å². The zero-order valence-electron chi connectivity index (χ0n) is 10.5. The second-order valence-electron chi connectivity index (χ2n) is 3.93. The van der Waals surface area contributed by atoms with Gasteiger partial charge in [0.05, 0.1) is 0 Å². The number of hydrogen-bond donors (Lipinski definition) is 1. The van der Waals surface area contributed by atoms with Crippen LogP contribution in [0.4, 0.5) is 5.95 Å². The molecular formula is C13H14BrN3O. The van der Waals surface area contributed by atoms with E-state index in [1.807, 2.05) is 32.0 Å². The summed E-state index contributed by atoms with van der Waals surface area (Å²) >= 11 is 3.46. The van der Waals surface area contributed by atoms with E-state index in [0.29, 0.717) is 11.8 Å². The first-order chi connectivity index (χ1) is 8.58. The number of nitrogens with one attached hydrogen (secondary N) is 1. The molecule has 0 bridgehead atoms. The van der Waals surface area contributed by atoms with Crippen molar-refractivity contribution >= 4 is 21.9 Å². The topological polar surface area (TPSA) is 47.0 Å². The Morgan fingerprint density at radius 2 is 1.94 bits per heavy atom. The molecule has 0 atom stereocenters. The number of rotatable bonds is 3. The minimum absolute atomic E-state index is 0.536. The van der Waals surface area contributed by atoms with Crippen LogP contribution in [0.3, 0.4) is 0 Å². The Kier molecular flexibility index (Phi) is 3.81. The summed E-state index contributed by atoms with van der Waals surface area (Å²) in [7, 11) is 1.78. The molecule has 5 heteroatoms. The quantitative estimate of drug-likeness (QED) is 0.939. The second kappa shape index (κ2) is 5.35. The zero-order valence-corrected chi connectivity index (χ0v) is 12.1. The van der Waals surface area contributed by atoms with Gasteiger partial charge in [-0.1, -0.05) is 15.9 Å². The molecule has 2 rings (SSSR count). The van der Waals surface area contributed by atoms with Gasteiger partial charge < -0.3 is 10.1 Å². The maximum Gasteiger partial charge on any atom is 0.225 e. The van der Waals surface area contributed by atoms with Crippen LogP contribution in [0, 0.1) is 13.8 Å². The fourth-order valence-electron chi connectivity index (χ4n) is 1.51. The van der Waals surface area contributed by atoms with Crippen LogP contribution >= 0.6 is 15.9 Å². The summed E-state index contributed by atoms with van der Waals surface area (Å²) in [5.74, 6) is 1.85. The third-order valence-corrected chi connectivity index (χ3v) is 3.30. The third kappa shape index (κ3) is 2.98. The van der Waals surface area contributed by atoms with E-state index in [1.54, 1.807) is 13.1 Å². The Morgan fingerprint density at radius 1 is 1.17 bits per heavy atom. The highest BCUT2D eigenvalue weighted by atomic mass is 79.9. The lowest BCUT2D eigenvalue weighted by molar-refractivity contribution is 0.461. The van der Waals surface area contributed by atoms with Crippen molar-refractivity contribution in [3.8, 4) is 11.6 Å². The smallest absolute Gasteiger partial charge is 0.225 e. The second-order valence-corrected chi connectivity index (χ2v) is 4.79. The number of hydrogen-bond acceptors (Lipinski definition) is 4. The fraction of sp³-hybridized carbons (Fsp3) is 0.231. The molecule has 0 unspecified atom stereocenters.